The molecular formula is C10H12N4O3. The Kier molecular flexibility index (Phi) is 2.90. The molecule has 1 aliphatic rings. The Morgan fingerprint density at radius 2 is 2.35 bits per heavy atom. The Hall–Kier alpha value is -2.18. The van der Waals surface area contributed by atoms with Gasteiger partial charge in [-0.1, -0.05) is 0 Å². The van der Waals surface area contributed by atoms with Crippen molar-refractivity contribution in [2.24, 2.45) is 7.05 Å². The zero-order chi connectivity index (χ0) is 12.4. The summed E-state index contributed by atoms with van der Waals surface area (Å²) < 4.78 is 1.42. The van der Waals surface area contributed by atoms with E-state index in [1.54, 1.807) is 13.1 Å². The van der Waals surface area contributed by atoms with Crippen molar-refractivity contribution in [3.05, 3.63) is 18.0 Å². The SMILES string of the molecule is Cn1nccc1C(=O)NC1CCC(=O)NC1=O. The Morgan fingerprint density at radius 3 is 2.94 bits per heavy atom. The highest BCUT2D eigenvalue weighted by Gasteiger charge is 2.28. The molecule has 90 valence electrons. The van der Waals surface area contributed by atoms with Crippen LogP contribution in [-0.4, -0.2) is 33.5 Å². The lowest BCUT2D eigenvalue weighted by Crippen LogP contribution is -2.52. The number of nitrogens with one attached hydrogen (secondary N) is 2. The van der Waals surface area contributed by atoms with Crippen LogP contribution in [-0.2, 0) is 16.6 Å². The monoisotopic (exact) mass is 236 g/mol. The Labute approximate surface area is 97.2 Å². The number of aromatic nitrogens is 2. The second-order valence-electron chi connectivity index (χ2n) is 3.82. The fourth-order valence-electron chi connectivity index (χ4n) is 1.66. The van der Waals surface area contributed by atoms with Crippen LogP contribution >= 0.6 is 0 Å². The largest absolute Gasteiger partial charge is 0.339 e. The topological polar surface area (TPSA) is 93.1 Å². The van der Waals surface area contributed by atoms with Crippen molar-refractivity contribution in [2.75, 3.05) is 0 Å². The van der Waals surface area contributed by atoms with E-state index in [0.29, 0.717) is 12.1 Å². The summed E-state index contributed by atoms with van der Waals surface area (Å²) in [5.41, 5.74) is 0.370. The number of nitrogens with zero attached hydrogens (tertiary/aromatic N) is 2. The van der Waals surface area contributed by atoms with Crippen LogP contribution in [0.15, 0.2) is 12.3 Å². The maximum Gasteiger partial charge on any atom is 0.270 e. The van der Waals surface area contributed by atoms with E-state index in [4.69, 9.17) is 0 Å². The average Bonchev–Trinajstić information content (AvgIpc) is 2.68. The van der Waals surface area contributed by atoms with Gasteiger partial charge in [0.15, 0.2) is 0 Å². The van der Waals surface area contributed by atoms with Crippen LogP contribution < -0.4 is 10.6 Å². The molecule has 0 radical (unpaired) electrons. The maximum absolute atomic E-state index is 11.8. The summed E-state index contributed by atoms with van der Waals surface area (Å²) in [5, 5.41) is 8.61. The summed E-state index contributed by atoms with van der Waals surface area (Å²) in [6.07, 6.45) is 2.07. The van der Waals surface area contributed by atoms with Gasteiger partial charge in [-0.2, -0.15) is 5.10 Å². The average molecular weight is 236 g/mol. The first-order chi connectivity index (χ1) is 8.08. The Morgan fingerprint density at radius 1 is 1.59 bits per heavy atom. The van der Waals surface area contributed by atoms with Crippen LogP contribution in [0.3, 0.4) is 0 Å². The zero-order valence-electron chi connectivity index (χ0n) is 9.27. The lowest BCUT2D eigenvalue weighted by Gasteiger charge is -2.21. The molecule has 7 heteroatoms. The number of piperidine rings is 1. The van der Waals surface area contributed by atoms with Gasteiger partial charge in [-0.05, 0) is 12.5 Å². The van der Waals surface area contributed by atoms with Crippen LogP contribution in [0.25, 0.3) is 0 Å². The molecule has 0 aromatic carbocycles. The predicted octanol–water partition coefficient (Wildman–Crippen LogP) is -1.04. The number of amides is 3. The molecule has 1 unspecified atom stereocenters. The van der Waals surface area contributed by atoms with Gasteiger partial charge in [0.05, 0.1) is 0 Å². The first-order valence-corrected chi connectivity index (χ1v) is 5.20. The summed E-state index contributed by atoms with van der Waals surface area (Å²) in [5.74, 6) is -1.14. The minimum absolute atomic E-state index is 0.238. The highest BCUT2D eigenvalue weighted by atomic mass is 16.2. The molecule has 0 saturated carbocycles. The summed E-state index contributed by atoms with van der Waals surface area (Å²) in [4.78, 5) is 34.1. The molecule has 0 bridgehead atoms. The van der Waals surface area contributed by atoms with E-state index in [0.717, 1.165) is 0 Å². The number of carbonyl (C=O) groups excluding carboxylic acids is 3. The molecule has 7 nitrogen and oxygen atoms in total. The van der Waals surface area contributed by atoms with Crippen molar-refractivity contribution >= 4 is 17.7 Å². The number of rotatable bonds is 2. The highest BCUT2D eigenvalue weighted by molar-refractivity contribution is 6.03. The van der Waals surface area contributed by atoms with Crippen LogP contribution in [0.1, 0.15) is 23.3 Å². The lowest BCUT2D eigenvalue weighted by molar-refractivity contribution is -0.134. The maximum atomic E-state index is 11.8. The van der Waals surface area contributed by atoms with E-state index in [-0.39, 0.29) is 18.2 Å². The Balaban J connectivity index is 2.02. The van der Waals surface area contributed by atoms with E-state index >= 15 is 0 Å². The van der Waals surface area contributed by atoms with Crippen LogP contribution in [0, 0.1) is 0 Å². The predicted molar refractivity (Wildman–Crippen MR) is 56.8 cm³/mol. The molecule has 17 heavy (non-hydrogen) atoms. The minimum Gasteiger partial charge on any atom is -0.339 e. The molecule has 1 aromatic rings. The third-order valence-electron chi connectivity index (χ3n) is 2.60. The molecule has 2 rings (SSSR count). The molecule has 2 N–H and O–H groups in total. The zero-order valence-corrected chi connectivity index (χ0v) is 9.27. The summed E-state index contributed by atoms with van der Waals surface area (Å²) in [7, 11) is 1.64. The summed E-state index contributed by atoms with van der Waals surface area (Å²) in [6.45, 7) is 0. The van der Waals surface area contributed by atoms with Crippen molar-refractivity contribution in [3.8, 4) is 0 Å². The van der Waals surface area contributed by atoms with Crippen molar-refractivity contribution < 1.29 is 14.4 Å². The molecule has 1 fully saturated rings. The fraction of sp³-hybridized carbons (Fsp3) is 0.400. The number of hydrogen-bond donors (Lipinski definition) is 2. The standard InChI is InChI=1S/C10H12N4O3/c1-14-7(4-5-11-14)10(17)12-6-2-3-8(15)13-9(6)16/h4-6H,2-3H2,1H3,(H,12,17)(H,13,15,16). The van der Waals surface area contributed by atoms with Gasteiger partial charge in [-0.15, -0.1) is 0 Å². The number of imide groups is 1. The van der Waals surface area contributed by atoms with Crippen LogP contribution in [0.2, 0.25) is 0 Å². The van der Waals surface area contributed by atoms with Gasteiger partial charge in [-0.25, -0.2) is 0 Å². The van der Waals surface area contributed by atoms with Crippen molar-refractivity contribution in [1.29, 1.82) is 0 Å². The summed E-state index contributed by atoms with van der Waals surface area (Å²) >= 11 is 0. The fourth-order valence-corrected chi connectivity index (χ4v) is 1.66. The molecule has 0 spiro atoms. The van der Waals surface area contributed by atoms with Crippen LogP contribution in [0.4, 0.5) is 0 Å². The highest BCUT2D eigenvalue weighted by Crippen LogP contribution is 2.05. The van der Waals surface area contributed by atoms with E-state index in [1.165, 1.54) is 10.9 Å². The number of hydrogen-bond acceptors (Lipinski definition) is 4. The van der Waals surface area contributed by atoms with E-state index in [2.05, 4.69) is 15.7 Å². The van der Waals surface area contributed by atoms with Gasteiger partial charge in [0, 0.05) is 19.7 Å². The van der Waals surface area contributed by atoms with E-state index in [1.807, 2.05) is 0 Å². The number of carbonyl (C=O) groups is 3. The van der Waals surface area contributed by atoms with Gasteiger partial charge in [0.25, 0.3) is 5.91 Å². The van der Waals surface area contributed by atoms with Gasteiger partial charge in [0.2, 0.25) is 11.8 Å². The van der Waals surface area contributed by atoms with Gasteiger partial charge < -0.3 is 5.32 Å². The van der Waals surface area contributed by atoms with E-state index < -0.39 is 11.9 Å². The second kappa shape index (κ2) is 4.36. The first kappa shape index (κ1) is 11.3. The molecule has 1 aliphatic heterocycles. The third-order valence-corrected chi connectivity index (χ3v) is 2.60. The summed E-state index contributed by atoms with van der Waals surface area (Å²) in [6, 6.07) is 0.899. The molecular weight excluding hydrogens is 224 g/mol. The quantitative estimate of drug-likeness (QED) is 0.641. The van der Waals surface area contributed by atoms with Gasteiger partial charge in [-0.3, -0.25) is 24.4 Å². The molecule has 2 heterocycles. The Bertz CT molecular complexity index is 480. The lowest BCUT2D eigenvalue weighted by atomic mass is 10.1. The molecule has 0 aliphatic carbocycles. The number of aryl methyl sites for hydroxylation is 1. The van der Waals surface area contributed by atoms with E-state index in [9.17, 15) is 14.4 Å². The van der Waals surface area contributed by atoms with Gasteiger partial charge >= 0.3 is 0 Å². The van der Waals surface area contributed by atoms with Crippen molar-refractivity contribution in [1.82, 2.24) is 20.4 Å². The molecule has 1 aromatic heterocycles. The van der Waals surface area contributed by atoms with Crippen molar-refractivity contribution in [2.45, 2.75) is 18.9 Å². The van der Waals surface area contributed by atoms with Crippen molar-refractivity contribution in [3.63, 3.8) is 0 Å². The molecule has 1 atom stereocenters. The second-order valence-corrected chi connectivity index (χ2v) is 3.82. The third kappa shape index (κ3) is 2.32. The minimum atomic E-state index is -0.657. The smallest absolute Gasteiger partial charge is 0.270 e. The molecule has 3 amide bonds. The van der Waals surface area contributed by atoms with Gasteiger partial charge in [0.1, 0.15) is 11.7 Å². The normalized spacial score (nSPS) is 19.9. The molecule has 1 saturated heterocycles. The van der Waals surface area contributed by atoms with Crippen LogP contribution in [0.5, 0.6) is 0 Å². The first-order valence-electron chi connectivity index (χ1n) is 5.20.